The first kappa shape index (κ1) is 17.9. The molecule has 24 heavy (non-hydrogen) atoms. The lowest BCUT2D eigenvalue weighted by Crippen LogP contribution is -2.42. The Morgan fingerprint density at radius 1 is 1.17 bits per heavy atom. The molecular weight excluding hydrogens is 325 g/mol. The van der Waals surface area contributed by atoms with E-state index in [1.807, 2.05) is 5.32 Å². The van der Waals surface area contributed by atoms with E-state index in [1.165, 1.54) is 6.92 Å². The number of hydrogen-bond donors (Lipinski definition) is 4. The molecule has 1 saturated carbocycles. The van der Waals surface area contributed by atoms with Crippen molar-refractivity contribution >= 4 is 23.3 Å². The summed E-state index contributed by atoms with van der Waals surface area (Å²) in [5, 5.41) is 10.1. The molecule has 2 rings (SSSR count). The Morgan fingerprint density at radius 2 is 1.75 bits per heavy atom. The fourth-order valence-corrected chi connectivity index (χ4v) is 1.89. The van der Waals surface area contributed by atoms with Crippen LogP contribution < -0.4 is 21.3 Å². The summed E-state index contributed by atoms with van der Waals surface area (Å²) in [6.07, 6.45) is -2.46. The van der Waals surface area contributed by atoms with Crippen LogP contribution in [0.2, 0.25) is 0 Å². The van der Waals surface area contributed by atoms with E-state index in [0.29, 0.717) is 11.4 Å². The van der Waals surface area contributed by atoms with Crippen molar-refractivity contribution < 1.29 is 22.8 Å². The zero-order valence-corrected chi connectivity index (χ0v) is 13.0. The van der Waals surface area contributed by atoms with E-state index in [1.54, 1.807) is 24.3 Å². The summed E-state index contributed by atoms with van der Waals surface area (Å²) >= 11 is 0. The Bertz CT molecular complexity index is 585. The molecule has 1 unspecified atom stereocenters. The monoisotopic (exact) mass is 344 g/mol. The molecule has 1 atom stereocenters. The van der Waals surface area contributed by atoms with E-state index in [0.717, 1.165) is 12.8 Å². The van der Waals surface area contributed by atoms with E-state index in [-0.39, 0.29) is 12.1 Å². The Labute approximate surface area is 137 Å². The molecule has 1 aliphatic rings. The van der Waals surface area contributed by atoms with Crippen molar-refractivity contribution in [2.75, 3.05) is 17.2 Å². The molecule has 132 valence electrons. The average Bonchev–Trinajstić information content (AvgIpc) is 3.29. The third kappa shape index (κ3) is 6.35. The number of anilines is 2. The number of carbonyl (C=O) groups is 2. The second-order valence-electron chi connectivity index (χ2n) is 5.65. The minimum Gasteiger partial charge on any atom is -0.374 e. The van der Waals surface area contributed by atoms with Gasteiger partial charge in [0.05, 0.1) is 0 Å². The number of rotatable bonds is 6. The van der Waals surface area contributed by atoms with Crippen molar-refractivity contribution in [3.05, 3.63) is 24.3 Å². The lowest BCUT2D eigenvalue weighted by Gasteiger charge is -2.16. The number of hydrogen-bond acceptors (Lipinski definition) is 3. The van der Waals surface area contributed by atoms with E-state index >= 15 is 0 Å². The Kier molecular flexibility index (Phi) is 5.53. The van der Waals surface area contributed by atoms with E-state index in [2.05, 4.69) is 16.0 Å². The normalized spacial score (nSPS) is 15.3. The average molecular weight is 344 g/mol. The van der Waals surface area contributed by atoms with Gasteiger partial charge in [0.25, 0.3) is 0 Å². The highest BCUT2D eigenvalue weighted by Crippen LogP contribution is 2.19. The molecular formula is C15H19F3N4O2. The van der Waals surface area contributed by atoms with E-state index < -0.39 is 24.7 Å². The lowest BCUT2D eigenvalue weighted by atomic mass is 10.2. The number of benzene rings is 1. The first-order valence-corrected chi connectivity index (χ1v) is 7.51. The SMILES string of the molecule is CC(Nc1ccc(NC(=O)NC2CC2)cc1)C(=O)NCC(F)(F)F. The molecule has 0 aromatic heterocycles. The third-order valence-corrected chi connectivity index (χ3v) is 3.29. The number of amides is 3. The summed E-state index contributed by atoms with van der Waals surface area (Å²) in [7, 11) is 0. The number of nitrogens with one attached hydrogen (secondary N) is 4. The van der Waals surface area contributed by atoms with Gasteiger partial charge in [-0.1, -0.05) is 0 Å². The summed E-state index contributed by atoms with van der Waals surface area (Å²) in [6.45, 7) is 0.0950. The van der Waals surface area contributed by atoms with Crippen molar-refractivity contribution in [2.24, 2.45) is 0 Å². The van der Waals surface area contributed by atoms with Crippen LogP contribution in [0, 0.1) is 0 Å². The van der Waals surface area contributed by atoms with Crippen LogP contribution in [0.15, 0.2) is 24.3 Å². The van der Waals surface area contributed by atoms with Gasteiger partial charge in [-0.3, -0.25) is 4.79 Å². The molecule has 4 N–H and O–H groups in total. The minimum absolute atomic E-state index is 0.252. The van der Waals surface area contributed by atoms with Gasteiger partial charge in [0.1, 0.15) is 12.6 Å². The predicted octanol–water partition coefficient (Wildman–Crippen LogP) is 2.45. The zero-order chi connectivity index (χ0) is 17.7. The van der Waals surface area contributed by atoms with Crippen LogP contribution in [-0.4, -0.2) is 36.7 Å². The van der Waals surface area contributed by atoms with Crippen LogP contribution in [0.1, 0.15) is 19.8 Å². The summed E-state index contributed by atoms with van der Waals surface area (Å²) in [5.41, 5.74) is 1.13. The maximum Gasteiger partial charge on any atom is 0.405 e. The van der Waals surface area contributed by atoms with Crippen LogP contribution in [-0.2, 0) is 4.79 Å². The van der Waals surface area contributed by atoms with Gasteiger partial charge in [0, 0.05) is 17.4 Å². The van der Waals surface area contributed by atoms with E-state index in [4.69, 9.17) is 0 Å². The minimum atomic E-state index is -4.44. The van der Waals surface area contributed by atoms with Crippen molar-refractivity contribution in [3.8, 4) is 0 Å². The van der Waals surface area contributed by atoms with Gasteiger partial charge >= 0.3 is 12.2 Å². The molecule has 0 saturated heterocycles. The molecule has 0 heterocycles. The largest absolute Gasteiger partial charge is 0.405 e. The highest BCUT2D eigenvalue weighted by atomic mass is 19.4. The summed E-state index contributed by atoms with van der Waals surface area (Å²) in [4.78, 5) is 23.2. The van der Waals surface area contributed by atoms with Gasteiger partial charge in [-0.25, -0.2) is 4.79 Å². The number of alkyl halides is 3. The molecule has 0 aliphatic heterocycles. The van der Waals surface area contributed by atoms with Crippen molar-refractivity contribution in [2.45, 2.75) is 38.0 Å². The second-order valence-corrected chi connectivity index (χ2v) is 5.65. The molecule has 9 heteroatoms. The fraction of sp³-hybridized carbons (Fsp3) is 0.467. The van der Waals surface area contributed by atoms with Gasteiger partial charge in [0.2, 0.25) is 5.91 Å². The molecule has 0 radical (unpaired) electrons. The first-order valence-electron chi connectivity index (χ1n) is 7.51. The standard InChI is InChI=1S/C15H19F3N4O2/c1-9(13(23)19-8-15(16,17)18)20-10-2-4-11(5-3-10)21-14(24)22-12-6-7-12/h2-5,9,12,20H,6-8H2,1H3,(H,19,23)(H2,21,22,24). The summed E-state index contributed by atoms with van der Waals surface area (Å²) < 4.78 is 36.2. The van der Waals surface area contributed by atoms with E-state index in [9.17, 15) is 22.8 Å². The molecule has 1 aliphatic carbocycles. The first-order chi connectivity index (χ1) is 11.2. The Morgan fingerprint density at radius 3 is 2.29 bits per heavy atom. The quantitative estimate of drug-likeness (QED) is 0.640. The number of carbonyl (C=O) groups excluding carboxylic acids is 2. The van der Waals surface area contributed by atoms with Gasteiger partial charge in [-0.05, 0) is 44.0 Å². The van der Waals surface area contributed by atoms with Gasteiger partial charge in [-0.15, -0.1) is 0 Å². The van der Waals surface area contributed by atoms with Crippen molar-refractivity contribution in [3.63, 3.8) is 0 Å². The second kappa shape index (κ2) is 7.41. The zero-order valence-electron chi connectivity index (χ0n) is 13.0. The maximum absolute atomic E-state index is 12.1. The van der Waals surface area contributed by atoms with Crippen LogP contribution in [0.4, 0.5) is 29.3 Å². The number of halogens is 3. The summed E-state index contributed by atoms with van der Waals surface area (Å²) in [6, 6.07) is 5.66. The van der Waals surface area contributed by atoms with Gasteiger partial charge in [-0.2, -0.15) is 13.2 Å². The topological polar surface area (TPSA) is 82.3 Å². The Hall–Kier alpha value is -2.45. The highest BCUT2D eigenvalue weighted by molar-refractivity contribution is 5.90. The predicted molar refractivity (Wildman–Crippen MR) is 83.8 cm³/mol. The maximum atomic E-state index is 12.1. The third-order valence-electron chi connectivity index (χ3n) is 3.29. The molecule has 0 bridgehead atoms. The summed E-state index contributed by atoms with van der Waals surface area (Å²) in [5.74, 6) is -0.752. The van der Waals surface area contributed by atoms with Crippen LogP contribution >= 0.6 is 0 Å². The molecule has 0 spiro atoms. The van der Waals surface area contributed by atoms with Crippen molar-refractivity contribution in [1.82, 2.24) is 10.6 Å². The molecule has 3 amide bonds. The van der Waals surface area contributed by atoms with Gasteiger partial charge < -0.3 is 21.3 Å². The fourth-order valence-electron chi connectivity index (χ4n) is 1.89. The van der Waals surface area contributed by atoms with Crippen LogP contribution in [0.25, 0.3) is 0 Å². The van der Waals surface area contributed by atoms with Crippen molar-refractivity contribution in [1.29, 1.82) is 0 Å². The number of urea groups is 1. The molecule has 1 aromatic rings. The lowest BCUT2D eigenvalue weighted by molar-refractivity contribution is -0.138. The molecule has 1 fully saturated rings. The van der Waals surface area contributed by atoms with Gasteiger partial charge in [0.15, 0.2) is 0 Å². The molecule has 1 aromatic carbocycles. The Balaban J connectivity index is 1.79. The van der Waals surface area contributed by atoms with Crippen LogP contribution in [0.3, 0.4) is 0 Å². The highest BCUT2D eigenvalue weighted by Gasteiger charge is 2.28. The molecule has 6 nitrogen and oxygen atoms in total. The smallest absolute Gasteiger partial charge is 0.374 e. The van der Waals surface area contributed by atoms with Crippen LogP contribution in [0.5, 0.6) is 0 Å².